The molecule has 13 heavy (non-hydrogen) atoms. The molecule has 1 unspecified atom stereocenters. The summed E-state index contributed by atoms with van der Waals surface area (Å²) in [5, 5.41) is 11.3. The fourth-order valence-corrected chi connectivity index (χ4v) is 1.37. The molecule has 0 bridgehead atoms. The lowest BCUT2D eigenvalue weighted by atomic mass is 10.2. The first kappa shape index (κ1) is 10.5. The maximum atomic E-state index is 11.4. The molecule has 1 radical (unpaired) electrons. The predicted molar refractivity (Wildman–Crippen MR) is 46.8 cm³/mol. The Morgan fingerprint density at radius 3 is 2.62 bits per heavy atom. The standard InChI is InChI=1S/C9H16NO3/c1-2-3-8(11)9(12)10-4-6-13-7-5-10/h8H,2-7H2,1H3. The van der Waals surface area contributed by atoms with Crippen molar-refractivity contribution in [3.8, 4) is 0 Å². The van der Waals surface area contributed by atoms with E-state index in [0.717, 1.165) is 6.42 Å². The van der Waals surface area contributed by atoms with Gasteiger partial charge in [-0.2, -0.15) is 0 Å². The van der Waals surface area contributed by atoms with Gasteiger partial charge in [-0.15, -0.1) is 0 Å². The number of carbonyl (C=O) groups is 1. The molecule has 0 spiro atoms. The number of amides is 1. The van der Waals surface area contributed by atoms with Crippen LogP contribution >= 0.6 is 0 Å². The van der Waals surface area contributed by atoms with Gasteiger partial charge in [-0.3, -0.25) is 4.79 Å². The summed E-state index contributed by atoms with van der Waals surface area (Å²) in [6.45, 7) is 4.18. The van der Waals surface area contributed by atoms with E-state index >= 15 is 0 Å². The van der Waals surface area contributed by atoms with Crippen molar-refractivity contribution in [2.24, 2.45) is 0 Å². The third kappa shape index (κ3) is 2.97. The first-order valence-corrected chi connectivity index (χ1v) is 4.78. The van der Waals surface area contributed by atoms with Crippen LogP contribution in [0.1, 0.15) is 19.8 Å². The Bertz CT molecular complexity index is 166. The number of rotatable bonds is 3. The lowest BCUT2D eigenvalue weighted by Crippen LogP contribution is -2.45. The molecule has 4 nitrogen and oxygen atoms in total. The Balaban J connectivity index is 2.36. The van der Waals surface area contributed by atoms with Crippen molar-refractivity contribution >= 4 is 5.91 Å². The van der Waals surface area contributed by atoms with Crippen LogP contribution in [0.2, 0.25) is 0 Å². The Morgan fingerprint density at radius 2 is 2.08 bits per heavy atom. The second kappa shape index (κ2) is 5.19. The van der Waals surface area contributed by atoms with E-state index in [-0.39, 0.29) is 5.91 Å². The quantitative estimate of drug-likeness (QED) is 0.642. The molecule has 4 heteroatoms. The zero-order valence-corrected chi connectivity index (χ0v) is 7.99. The van der Waals surface area contributed by atoms with Crippen molar-refractivity contribution in [3.05, 3.63) is 0 Å². The van der Waals surface area contributed by atoms with Gasteiger partial charge >= 0.3 is 0 Å². The second-order valence-electron chi connectivity index (χ2n) is 3.21. The van der Waals surface area contributed by atoms with E-state index < -0.39 is 6.10 Å². The van der Waals surface area contributed by atoms with Gasteiger partial charge < -0.3 is 9.64 Å². The second-order valence-corrected chi connectivity index (χ2v) is 3.21. The predicted octanol–water partition coefficient (Wildman–Crippen LogP) is 0.444. The van der Waals surface area contributed by atoms with Crippen LogP contribution in [0.5, 0.6) is 0 Å². The van der Waals surface area contributed by atoms with Gasteiger partial charge in [0.2, 0.25) is 0 Å². The summed E-state index contributed by atoms with van der Waals surface area (Å²) in [6.07, 6.45) is 0.142. The van der Waals surface area contributed by atoms with Crippen molar-refractivity contribution in [2.75, 3.05) is 26.3 Å². The van der Waals surface area contributed by atoms with Gasteiger partial charge in [-0.05, 0) is 6.42 Å². The van der Waals surface area contributed by atoms with Crippen molar-refractivity contribution < 1.29 is 14.6 Å². The molecule has 75 valence electrons. The number of hydrogen-bond donors (Lipinski definition) is 0. The molecule has 1 atom stereocenters. The molecule has 1 saturated heterocycles. The molecule has 0 aromatic carbocycles. The summed E-state index contributed by atoms with van der Waals surface area (Å²) in [4.78, 5) is 13.1. The zero-order chi connectivity index (χ0) is 9.68. The van der Waals surface area contributed by atoms with Crippen LogP contribution in [0.15, 0.2) is 0 Å². The number of nitrogens with zero attached hydrogens (tertiary/aromatic N) is 1. The highest BCUT2D eigenvalue weighted by atomic mass is 16.5. The summed E-state index contributed by atoms with van der Waals surface area (Å²) in [7, 11) is 0. The van der Waals surface area contributed by atoms with Crippen LogP contribution in [0.4, 0.5) is 0 Å². The third-order valence-corrected chi connectivity index (χ3v) is 2.15. The summed E-state index contributed by atoms with van der Waals surface area (Å²) in [6, 6.07) is 0. The van der Waals surface area contributed by atoms with E-state index in [1.54, 1.807) is 4.90 Å². The van der Waals surface area contributed by atoms with Crippen molar-refractivity contribution in [1.29, 1.82) is 0 Å². The van der Waals surface area contributed by atoms with E-state index in [0.29, 0.717) is 32.7 Å². The minimum absolute atomic E-state index is 0.259. The van der Waals surface area contributed by atoms with Crippen LogP contribution in [0.3, 0.4) is 0 Å². The van der Waals surface area contributed by atoms with E-state index in [1.807, 2.05) is 6.92 Å². The fourth-order valence-electron chi connectivity index (χ4n) is 1.37. The number of hydrogen-bond acceptors (Lipinski definition) is 2. The van der Waals surface area contributed by atoms with Crippen molar-refractivity contribution in [1.82, 2.24) is 4.90 Å². The van der Waals surface area contributed by atoms with Crippen LogP contribution in [0.25, 0.3) is 0 Å². The van der Waals surface area contributed by atoms with Gasteiger partial charge in [0.05, 0.1) is 13.2 Å². The SMILES string of the molecule is CCCC([O])C(=O)N1CCOCC1. The highest BCUT2D eigenvalue weighted by Crippen LogP contribution is 2.05. The Hall–Kier alpha value is -0.610. The highest BCUT2D eigenvalue weighted by Gasteiger charge is 2.24. The Labute approximate surface area is 78.5 Å². The normalized spacial score (nSPS) is 20.0. The summed E-state index contributed by atoms with van der Waals surface area (Å²) in [5.41, 5.74) is 0. The first-order chi connectivity index (χ1) is 6.25. The minimum atomic E-state index is -1.07. The van der Waals surface area contributed by atoms with Gasteiger partial charge in [0.15, 0.2) is 6.10 Å². The zero-order valence-electron chi connectivity index (χ0n) is 7.99. The molecule has 1 aliphatic rings. The molecule has 0 N–H and O–H groups in total. The van der Waals surface area contributed by atoms with Crippen molar-refractivity contribution in [2.45, 2.75) is 25.9 Å². The lowest BCUT2D eigenvalue weighted by Gasteiger charge is -2.27. The maximum Gasteiger partial charge on any atom is 0.255 e. The van der Waals surface area contributed by atoms with Crippen LogP contribution < -0.4 is 0 Å². The topological polar surface area (TPSA) is 49.4 Å². The van der Waals surface area contributed by atoms with E-state index in [1.165, 1.54) is 0 Å². The van der Waals surface area contributed by atoms with Gasteiger partial charge in [0.25, 0.3) is 5.91 Å². The maximum absolute atomic E-state index is 11.4. The molecular formula is C9H16NO3. The van der Waals surface area contributed by atoms with E-state index in [9.17, 15) is 9.90 Å². The highest BCUT2D eigenvalue weighted by molar-refractivity contribution is 5.80. The fraction of sp³-hybridized carbons (Fsp3) is 0.889. The molecular weight excluding hydrogens is 170 g/mol. The Kier molecular flexibility index (Phi) is 4.18. The third-order valence-electron chi connectivity index (χ3n) is 2.15. The van der Waals surface area contributed by atoms with Crippen LogP contribution in [-0.2, 0) is 14.6 Å². The summed E-state index contributed by atoms with van der Waals surface area (Å²) < 4.78 is 5.09. The Morgan fingerprint density at radius 1 is 1.46 bits per heavy atom. The number of carbonyl (C=O) groups excluding carboxylic acids is 1. The summed E-state index contributed by atoms with van der Waals surface area (Å²) >= 11 is 0. The van der Waals surface area contributed by atoms with Crippen LogP contribution in [0, 0.1) is 0 Å². The van der Waals surface area contributed by atoms with Gasteiger partial charge in [0.1, 0.15) is 0 Å². The molecule has 0 aromatic heterocycles. The largest absolute Gasteiger partial charge is 0.378 e. The van der Waals surface area contributed by atoms with Gasteiger partial charge in [0, 0.05) is 13.1 Å². The molecule has 1 rings (SSSR count). The number of ether oxygens (including phenoxy) is 1. The molecule has 1 heterocycles. The molecule has 1 aliphatic heterocycles. The molecule has 0 saturated carbocycles. The average molecular weight is 186 g/mol. The summed E-state index contributed by atoms with van der Waals surface area (Å²) in [5.74, 6) is -0.259. The van der Waals surface area contributed by atoms with Gasteiger partial charge in [-0.1, -0.05) is 13.3 Å². The number of morpholine rings is 1. The molecule has 1 amide bonds. The van der Waals surface area contributed by atoms with Crippen LogP contribution in [-0.4, -0.2) is 43.2 Å². The monoisotopic (exact) mass is 186 g/mol. The van der Waals surface area contributed by atoms with Crippen molar-refractivity contribution in [3.63, 3.8) is 0 Å². The molecule has 1 fully saturated rings. The van der Waals surface area contributed by atoms with E-state index in [2.05, 4.69) is 0 Å². The molecule has 0 aromatic rings. The first-order valence-electron chi connectivity index (χ1n) is 4.78. The van der Waals surface area contributed by atoms with E-state index in [4.69, 9.17) is 4.74 Å². The lowest BCUT2D eigenvalue weighted by molar-refractivity contribution is -0.148. The molecule has 0 aliphatic carbocycles. The minimum Gasteiger partial charge on any atom is -0.378 e. The average Bonchev–Trinajstić information content (AvgIpc) is 2.18. The smallest absolute Gasteiger partial charge is 0.255 e. The van der Waals surface area contributed by atoms with Gasteiger partial charge in [-0.25, -0.2) is 5.11 Å².